The molecule has 0 saturated carbocycles. The highest BCUT2D eigenvalue weighted by atomic mass is 19.1. The van der Waals surface area contributed by atoms with Crippen LogP contribution >= 0.6 is 0 Å². The summed E-state index contributed by atoms with van der Waals surface area (Å²) in [7, 11) is 0. The van der Waals surface area contributed by atoms with E-state index in [4.69, 9.17) is 23.3 Å². The molecular weight excluding hydrogens is 615 g/mol. The highest BCUT2D eigenvalue weighted by Crippen LogP contribution is 2.32. The number of allylic oxidation sites excluding steroid dienone is 4. The Hall–Kier alpha value is -5.08. The Morgan fingerprint density at radius 3 is 2.36 bits per heavy atom. The van der Waals surface area contributed by atoms with Gasteiger partial charge in [-0.05, 0) is 51.8 Å². The molecule has 2 heterocycles. The summed E-state index contributed by atoms with van der Waals surface area (Å²) < 4.78 is 41.8. The van der Waals surface area contributed by atoms with E-state index in [0.717, 1.165) is 17.4 Å². The van der Waals surface area contributed by atoms with Crippen LogP contribution in [0.25, 0.3) is 17.0 Å². The third-order valence-corrected chi connectivity index (χ3v) is 6.61. The van der Waals surface area contributed by atoms with Gasteiger partial charge in [-0.15, -0.1) is 0 Å². The first-order chi connectivity index (χ1) is 22.3. The predicted octanol–water partition coefficient (Wildman–Crippen LogP) is 5.41. The molecule has 2 aromatic heterocycles. The fourth-order valence-electron chi connectivity index (χ4n) is 4.25. The van der Waals surface area contributed by atoms with Gasteiger partial charge >= 0.3 is 12.1 Å². The van der Waals surface area contributed by atoms with Crippen LogP contribution in [-0.2, 0) is 19.0 Å². The lowest BCUT2D eigenvalue weighted by molar-refractivity contribution is -0.142. The number of benzene rings is 1. The van der Waals surface area contributed by atoms with Crippen LogP contribution in [0.1, 0.15) is 101 Å². The normalized spacial score (nSPS) is 13.8. The van der Waals surface area contributed by atoms with Crippen molar-refractivity contribution >= 4 is 23.5 Å². The number of rotatable bonds is 13. The van der Waals surface area contributed by atoms with E-state index in [1.165, 1.54) is 12.1 Å². The summed E-state index contributed by atoms with van der Waals surface area (Å²) >= 11 is 0. The van der Waals surface area contributed by atoms with E-state index in [2.05, 4.69) is 30.9 Å². The van der Waals surface area contributed by atoms with Crippen LogP contribution in [0.2, 0.25) is 0 Å². The van der Waals surface area contributed by atoms with Crippen molar-refractivity contribution in [3.63, 3.8) is 0 Å². The third kappa shape index (κ3) is 9.95. The summed E-state index contributed by atoms with van der Waals surface area (Å²) in [6.45, 7) is 10.3. The molecule has 1 unspecified atom stereocenters. The number of nitrogens with zero attached hydrogens (tertiary/aromatic N) is 4. The van der Waals surface area contributed by atoms with Gasteiger partial charge < -0.3 is 33.9 Å². The lowest BCUT2D eigenvalue weighted by atomic mass is 10.0. The van der Waals surface area contributed by atoms with E-state index >= 15 is 0 Å². The van der Waals surface area contributed by atoms with Crippen molar-refractivity contribution in [2.75, 3.05) is 19.7 Å². The van der Waals surface area contributed by atoms with Crippen molar-refractivity contribution in [2.45, 2.75) is 78.4 Å². The maximum Gasteiger partial charge on any atom is 0.408 e. The van der Waals surface area contributed by atoms with Crippen LogP contribution < -0.4 is 10.6 Å². The van der Waals surface area contributed by atoms with Gasteiger partial charge in [0.25, 0.3) is 11.8 Å². The standard InChI is InChI=1S/C32H39FN6O8/c1-7-24(44-21-11-8-19(9-12-21)26-36-29(18(2)3)46-38-26)30-37-27(39-47-30)20-10-13-22(23(33)16-20)28(41)34-14-15-43-25(40)17-35-31(42)45-32(4,5)6/h8,10-11,13,16,18,24H,7,9,12,14-15,17H2,1-6H3,(H,34,41)(H,35,42). The Kier molecular flexibility index (Phi) is 11.5. The molecule has 0 saturated heterocycles. The van der Waals surface area contributed by atoms with Crippen LogP contribution in [0.3, 0.4) is 0 Å². The van der Waals surface area contributed by atoms with E-state index in [-0.39, 0.29) is 36.3 Å². The summed E-state index contributed by atoms with van der Waals surface area (Å²) in [5.41, 5.74) is 0.332. The van der Waals surface area contributed by atoms with Crippen LogP contribution in [0.15, 0.2) is 45.2 Å². The summed E-state index contributed by atoms with van der Waals surface area (Å²) in [4.78, 5) is 44.8. The lowest BCUT2D eigenvalue weighted by Gasteiger charge is -2.19. The van der Waals surface area contributed by atoms with Crippen LogP contribution in [0.4, 0.5) is 9.18 Å². The van der Waals surface area contributed by atoms with Crippen molar-refractivity contribution < 1.29 is 42.0 Å². The Labute approximate surface area is 271 Å². The van der Waals surface area contributed by atoms with Gasteiger partial charge in [-0.1, -0.05) is 43.2 Å². The second-order valence-corrected chi connectivity index (χ2v) is 11.9. The topological polar surface area (TPSA) is 181 Å². The highest BCUT2D eigenvalue weighted by Gasteiger charge is 2.24. The quantitative estimate of drug-likeness (QED) is 0.177. The Bertz CT molecular complexity index is 1640. The number of amides is 2. The number of alkyl carbamates (subject to hydrolysis) is 1. The number of hydrogen-bond acceptors (Lipinski definition) is 12. The van der Waals surface area contributed by atoms with Gasteiger partial charge in [0, 0.05) is 23.5 Å². The minimum Gasteiger partial charge on any atom is -0.485 e. The molecule has 0 spiro atoms. The Balaban J connectivity index is 1.27. The summed E-state index contributed by atoms with van der Waals surface area (Å²) in [5, 5.41) is 12.8. The van der Waals surface area contributed by atoms with E-state index in [0.29, 0.717) is 36.5 Å². The van der Waals surface area contributed by atoms with E-state index in [1.807, 2.05) is 32.9 Å². The van der Waals surface area contributed by atoms with Crippen molar-refractivity contribution in [1.82, 2.24) is 30.9 Å². The zero-order valence-corrected chi connectivity index (χ0v) is 27.2. The van der Waals surface area contributed by atoms with Gasteiger partial charge in [-0.3, -0.25) is 9.59 Å². The minimum atomic E-state index is -0.801. The number of nitrogens with one attached hydrogen (secondary N) is 2. The molecule has 1 atom stereocenters. The van der Waals surface area contributed by atoms with Gasteiger partial charge in [0.05, 0.1) is 17.9 Å². The van der Waals surface area contributed by atoms with Crippen LogP contribution in [0, 0.1) is 5.82 Å². The molecule has 1 aromatic carbocycles. The fraction of sp³-hybridized carbons (Fsp3) is 0.469. The van der Waals surface area contributed by atoms with E-state index < -0.39 is 42.0 Å². The summed E-state index contributed by atoms with van der Waals surface area (Å²) in [5.74, 6) is 0.181. The minimum absolute atomic E-state index is 0.0749. The summed E-state index contributed by atoms with van der Waals surface area (Å²) in [6.07, 6.45) is 4.32. The van der Waals surface area contributed by atoms with Gasteiger partial charge in [-0.25, -0.2) is 9.18 Å². The van der Waals surface area contributed by atoms with Crippen molar-refractivity contribution in [3.05, 3.63) is 65.1 Å². The molecule has 4 rings (SSSR count). The first-order valence-electron chi connectivity index (χ1n) is 15.3. The molecule has 2 N–H and O–H groups in total. The smallest absolute Gasteiger partial charge is 0.408 e. The second-order valence-electron chi connectivity index (χ2n) is 11.9. The second kappa shape index (κ2) is 15.5. The zero-order valence-electron chi connectivity index (χ0n) is 27.2. The van der Waals surface area contributed by atoms with Crippen LogP contribution in [-0.4, -0.2) is 63.5 Å². The first-order valence-corrected chi connectivity index (χ1v) is 15.3. The number of esters is 1. The maximum atomic E-state index is 14.9. The largest absolute Gasteiger partial charge is 0.485 e. The van der Waals surface area contributed by atoms with Gasteiger partial charge in [0.2, 0.25) is 11.7 Å². The predicted molar refractivity (Wildman–Crippen MR) is 165 cm³/mol. The molecule has 252 valence electrons. The zero-order chi connectivity index (χ0) is 34.1. The van der Waals surface area contributed by atoms with Gasteiger partial charge in [0.1, 0.15) is 24.6 Å². The number of aromatic nitrogens is 4. The number of carbonyl (C=O) groups excluding carboxylic acids is 3. The average molecular weight is 655 g/mol. The lowest BCUT2D eigenvalue weighted by Crippen LogP contribution is -2.36. The first kappa shape index (κ1) is 34.8. The molecule has 47 heavy (non-hydrogen) atoms. The van der Waals surface area contributed by atoms with Crippen molar-refractivity contribution in [3.8, 4) is 11.4 Å². The molecule has 0 fully saturated rings. The highest BCUT2D eigenvalue weighted by molar-refractivity contribution is 5.94. The Morgan fingerprint density at radius 1 is 1.00 bits per heavy atom. The molecule has 1 aliphatic carbocycles. The van der Waals surface area contributed by atoms with Crippen molar-refractivity contribution in [2.24, 2.45) is 0 Å². The van der Waals surface area contributed by atoms with Crippen LogP contribution in [0.5, 0.6) is 0 Å². The number of ether oxygens (including phenoxy) is 3. The molecule has 0 aliphatic heterocycles. The molecule has 0 bridgehead atoms. The molecule has 14 nitrogen and oxygen atoms in total. The molecule has 1 aliphatic rings. The van der Waals surface area contributed by atoms with E-state index in [1.54, 1.807) is 20.8 Å². The summed E-state index contributed by atoms with van der Waals surface area (Å²) in [6, 6.07) is 3.92. The molecular formula is C32H39FN6O8. The Morgan fingerprint density at radius 2 is 1.72 bits per heavy atom. The van der Waals surface area contributed by atoms with Gasteiger partial charge in [-0.2, -0.15) is 9.97 Å². The number of hydrogen-bond donors (Lipinski definition) is 2. The maximum absolute atomic E-state index is 14.9. The number of carbonyl (C=O) groups is 3. The van der Waals surface area contributed by atoms with Crippen molar-refractivity contribution in [1.29, 1.82) is 0 Å². The van der Waals surface area contributed by atoms with E-state index in [9.17, 15) is 18.8 Å². The van der Waals surface area contributed by atoms with Gasteiger partial charge in [0.15, 0.2) is 11.9 Å². The number of halogens is 1. The molecule has 15 heteroatoms. The molecule has 2 amide bonds. The SMILES string of the molecule is CCC(OC1=CC=C(c2noc(C(C)C)n2)CC1)c1nc(-c2ccc(C(=O)NCCOC(=O)CNC(=O)OC(C)(C)C)c(F)c2)no1. The molecule has 0 radical (unpaired) electrons. The molecule has 3 aromatic rings. The fourth-order valence-corrected chi connectivity index (χ4v) is 4.25. The third-order valence-electron chi connectivity index (χ3n) is 6.61. The average Bonchev–Trinajstić information content (AvgIpc) is 3.72. The monoisotopic (exact) mass is 654 g/mol.